The van der Waals surface area contributed by atoms with E-state index in [9.17, 15) is 18.0 Å². The number of fused-ring (bicyclic) bond motifs is 1. The van der Waals surface area contributed by atoms with Gasteiger partial charge in [-0.1, -0.05) is 0 Å². The minimum Gasteiger partial charge on any atom is -0.496 e. The molecule has 0 saturated carbocycles. The number of halogens is 3. The van der Waals surface area contributed by atoms with Gasteiger partial charge in [0.2, 0.25) is 5.91 Å². The molecule has 11 heteroatoms. The number of aryl methyl sites for hydroxylation is 1. The van der Waals surface area contributed by atoms with Crippen LogP contribution in [0.25, 0.3) is 22.4 Å². The zero-order valence-corrected chi connectivity index (χ0v) is 20.6. The summed E-state index contributed by atoms with van der Waals surface area (Å²) in [5, 5.41) is 0. The van der Waals surface area contributed by atoms with Crippen LogP contribution >= 0.6 is 0 Å². The lowest BCUT2D eigenvalue weighted by Gasteiger charge is -2.41. The van der Waals surface area contributed by atoms with E-state index in [0.29, 0.717) is 42.6 Å². The van der Waals surface area contributed by atoms with Gasteiger partial charge >= 0.3 is 6.18 Å². The number of rotatable bonds is 5. The Labute approximate surface area is 211 Å². The Hall–Kier alpha value is -4.02. The minimum absolute atomic E-state index is 0.00528. The first kappa shape index (κ1) is 24.7. The van der Waals surface area contributed by atoms with Crippen LogP contribution in [0, 0.1) is 6.92 Å². The van der Waals surface area contributed by atoms with Crippen molar-refractivity contribution in [3.8, 4) is 17.1 Å². The summed E-state index contributed by atoms with van der Waals surface area (Å²) in [6, 6.07) is 9.17. The Kier molecular flexibility index (Phi) is 6.30. The largest absolute Gasteiger partial charge is 0.496 e. The van der Waals surface area contributed by atoms with Gasteiger partial charge < -0.3 is 23.5 Å². The summed E-state index contributed by atoms with van der Waals surface area (Å²) < 4.78 is 51.8. The number of hydrogen-bond donors (Lipinski definition) is 0. The molecule has 0 spiro atoms. The van der Waals surface area contributed by atoms with Gasteiger partial charge in [0.05, 0.1) is 41.8 Å². The van der Waals surface area contributed by atoms with E-state index in [0.717, 1.165) is 23.4 Å². The number of carbonyl (C=O) groups is 1. The molecular weight excluding hydrogens is 487 g/mol. The Morgan fingerprint density at radius 3 is 2.65 bits per heavy atom. The molecule has 0 N–H and O–H groups in total. The standard InChI is InChI=1S/C26H26F3N5O3/c1-16-13-32(19-5-6-20(23(11-19)36-3)24-12-30-17(2)37-24)8-9-34(16)25(35)14-33-15-31-21-10-18(26(27,28)29)4-7-22(21)33/h4-7,10-12,15-16H,8-9,13-14H2,1-3H3/t16-/m1/s1. The highest BCUT2D eigenvalue weighted by Gasteiger charge is 2.31. The molecule has 8 nitrogen and oxygen atoms in total. The lowest BCUT2D eigenvalue weighted by molar-refractivity contribution is -0.137. The summed E-state index contributed by atoms with van der Waals surface area (Å²) >= 11 is 0. The van der Waals surface area contributed by atoms with Gasteiger partial charge in [0, 0.05) is 44.4 Å². The molecule has 0 radical (unpaired) electrons. The Morgan fingerprint density at radius 1 is 1.16 bits per heavy atom. The summed E-state index contributed by atoms with van der Waals surface area (Å²) in [6.07, 6.45) is -1.37. The number of anilines is 1. The Morgan fingerprint density at radius 2 is 1.97 bits per heavy atom. The third-order valence-corrected chi connectivity index (χ3v) is 6.64. The number of benzene rings is 2. The van der Waals surface area contributed by atoms with E-state index in [1.807, 2.05) is 25.1 Å². The fraction of sp³-hybridized carbons (Fsp3) is 0.346. The van der Waals surface area contributed by atoms with Crippen molar-refractivity contribution >= 4 is 22.6 Å². The molecule has 2 aromatic heterocycles. The minimum atomic E-state index is -4.44. The van der Waals surface area contributed by atoms with Crippen LogP contribution in [-0.2, 0) is 17.5 Å². The molecule has 1 aliphatic heterocycles. The maximum atomic E-state index is 13.1. The summed E-state index contributed by atoms with van der Waals surface area (Å²) in [6.45, 7) is 5.52. The monoisotopic (exact) mass is 513 g/mol. The van der Waals surface area contributed by atoms with Crippen LogP contribution in [0.5, 0.6) is 5.75 Å². The predicted octanol–water partition coefficient (Wildman–Crippen LogP) is 4.76. The van der Waals surface area contributed by atoms with Gasteiger partial charge in [0.1, 0.15) is 12.3 Å². The average molecular weight is 514 g/mol. The number of ether oxygens (including phenoxy) is 1. The van der Waals surface area contributed by atoms with Crippen molar-refractivity contribution in [2.75, 3.05) is 31.6 Å². The number of methoxy groups -OCH3 is 1. The maximum absolute atomic E-state index is 13.1. The molecule has 0 bridgehead atoms. The van der Waals surface area contributed by atoms with Gasteiger partial charge in [-0.3, -0.25) is 4.79 Å². The van der Waals surface area contributed by atoms with E-state index in [1.54, 1.807) is 29.7 Å². The molecule has 0 aliphatic carbocycles. The lowest BCUT2D eigenvalue weighted by atomic mass is 10.1. The van der Waals surface area contributed by atoms with Crippen LogP contribution in [0.4, 0.5) is 18.9 Å². The molecule has 3 heterocycles. The zero-order valence-electron chi connectivity index (χ0n) is 20.6. The summed E-state index contributed by atoms with van der Waals surface area (Å²) in [5.41, 5.74) is 1.71. The topological polar surface area (TPSA) is 76.6 Å². The van der Waals surface area contributed by atoms with Crippen molar-refractivity contribution in [2.45, 2.75) is 32.6 Å². The number of amides is 1. The first-order chi connectivity index (χ1) is 17.6. The maximum Gasteiger partial charge on any atom is 0.416 e. The quantitative estimate of drug-likeness (QED) is 0.383. The summed E-state index contributed by atoms with van der Waals surface area (Å²) in [4.78, 5) is 25.3. The first-order valence-corrected chi connectivity index (χ1v) is 11.8. The van der Waals surface area contributed by atoms with Gasteiger partial charge in [0.15, 0.2) is 11.7 Å². The summed E-state index contributed by atoms with van der Waals surface area (Å²) in [5.74, 6) is 1.76. The first-order valence-electron chi connectivity index (χ1n) is 11.8. The molecule has 37 heavy (non-hydrogen) atoms. The third kappa shape index (κ3) is 4.85. The highest BCUT2D eigenvalue weighted by molar-refractivity contribution is 5.81. The van der Waals surface area contributed by atoms with E-state index in [-0.39, 0.29) is 24.0 Å². The van der Waals surface area contributed by atoms with E-state index < -0.39 is 11.7 Å². The molecule has 194 valence electrons. The van der Waals surface area contributed by atoms with Gasteiger partial charge in [-0.25, -0.2) is 9.97 Å². The molecular formula is C26H26F3N5O3. The smallest absolute Gasteiger partial charge is 0.416 e. The Balaban J connectivity index is 1.27. The number of imidazole rings is 1. The molecule has 2 aromatic carbocycles. The number of carbonyl (C=O) groups excluding carboxylic acids is 1. The molecule has 0 unspecified atom stereocenters. The predicted molar refractivity (Wildman–Crippen MR) is 131 cm³/mol. The molecule has 1 amide bonds. The zero-order chi connectivity index (χ0) is 26.3. The molecule has 1 saturated heterocycles. The molecule has 4 aromatic rings. The van der Waals surface area contributed by atoms with E-state index in [2.05, 4.69) is 14.9 Å². The normalized spacial score (nSPS) is 16.4. The molecule has 1 atom stereocenters. The van der Waals surface area contributed by atoms with Crippen LogP contribution in [0.2, 0.25) is 0 Å². The number of oxazole rings is 1. The van der Waals surface area contributed by atoms with Crippen molar-refractivity contribution < 1.29 is 27.1 Å². The number of aromatic nitrogens is 3. The Bertz CT molecular complexity index is 1450. The van der Waals surface area contributed by atoms with Gasteiger partial charge in [-0.15, -0.1) is 0 Å². The number of piperazine rings is 1. The molecule has 5 rings (SSSR count). The van der Waals surface area contributed by atoms with Crippen molar-refractivity contribution in [3.63, 3.8) is 0 Å². The second-order valence-corrected chi connectivity index (χ2v) is 9.08. The molecule has 1 fully saturated rings. The second-order valence-electron chi connectivity index (χ2n) is 9.08. The van der Waals surface area contributed by atoms with Gasteiger partial charge in [-0.05, 0) is 37.3 Å². The van der Waals surface area contributed by atoms with Gasteiger partial charge in [0.25, 0.3) is 0 Å². The van der Waals surface area contributed by atoms with Crippen molar-refractivity contribution in [1.29, 1.82) is 0 Å². The van der Waals surface area contributed by atoms with Crippen molar-refractivity contribution in [1.82, 2.24) is 19.4 Å². The van der Waals surface area contributed by atoms with E-state index >= 15 is 0 Å². The van der Waals surface area contributed by atoms with Crippen LogP contribution in [0.3, 0.4) is 0 Å². The van der Waals surface area contributed by atoms with Crippen molar-refractivity contribution in [2.24, 2.45) is 0 Å². The van der Waals surface area contributed by atoms with E-state index in [1.165, 1.54) is 12.4 Å². The SMILES string of the molecule is COc1cc(N2CCN(C(=O)Cn3cnc4cc(C(F)(F)F)ccc43)[C@H](C)C2)ccc1-c1cnc(C)o1. The fourth-order valence-corrected chi connectivity index (χ4v) is 4.73. The average Bonchev–Trinajstić information content (AvgIpc) is 3.48. The number of alkyl halides is 3. The highest BCUT2D eigenvalue weighted by atomic mass is 19.4. The third-order valence-electron chi connectivity index (χ3n) is 6.64. The van der Waals surface area contributed by atoms with Crippen LogP contribution < -0.4 is 9.64 Å². The molecule has 1 aliphatic rings. The number of hydrogen-bond acceptors (Lipinski definition) is 6. The lowest BCUT2D eigenvalue weighted by Crippen LogP contribution is -2.54. The second kappa shape index (κ2) is 9.45. The van der Waals surface area contributed by atoms with Crippen molar-refractivity contribution in [3.05, 3.63) is 60.4 Å². The summed E-state index contributed by atoms with van der Waals surface area (Å²) in [7, 11) is 1.61. The number of nitrogens with zero attached hydrogens (tertiary/aromatic N) is 5. The van der Waals surface area contributed by atoms with Crippen LogP contribution in [-0.4, -0.2) is 58.1 Å². The van der Waals surface area contributed by atoms with E-state index in [4.69, 9.17) is 9.15 Å². The fourth-order valence-electron chi connectivity index (χ4n) is 4.73. The highest BCUT2D eigenvalue weighted by Crippen LogP contribution is 2.35. The van der Waals surface area contributed by atoms with Gasteiger partial charge in [-0.2, -0.15) is 13.2 Å². The van der Waals surface area contributed by atoms with Crippen LogP contribution in [0.15, 0.2) is 53.3 Å². The van der Waals surface area contributed by atoms with Crippen LogP contribution in [0.1, 0.15) is 18.4 Å².